The number of esters is 1. The van der Waals surface area contributed by atoms with Crippen molar-refractivity contribution in [3.63, 3.8) is 0 Å². The van der Waals surface area contributed by atoms with Gasteiger partial charge in [0, 0.05) is 0 Å². The molecule has 0 unspecified atom stereocenters. The summed E-state index contributed by atoms with van der Waals surface area (Å²) in [5.74, 6) is -0.615. The molecule has 258 valence electrons. The van der Waals surface area contributed by atoms with Crippen LogP contribution < -0.4 is 0 Å². The second kappa shape index (κ2) is 16.5. The molecule has 2 N–H and O–H groups in total. The van der Waals surface area contributed by atoms with Gasteiger partial charge in [0.1, 0.15) is 18.3 Å². The van der Waals surface area contributed by atoms with E-state index in [-0.39, 0.29) is 36.4 Å². The summed E-state index contributed by atoms with van der Waals surface area (Å²) in [7, 11) is -7.53. The van der Waals surface area contributed by atoms with Gasteiger partial charge in [0.25, 0.3) is 0 Å². The van der Waals surface area contributed by atoms with Crippen molar-refractivity contribution in [2.24, 2.45) is 5.41 Å². The van der Waals surface area contributed by atoms with Gasteiger partial charge in [-0.3, -0.25) is 9.32 Å². The molecule has 1 aliphatic rings. The Hall–Kier alpha value is -1.92. The van der Waals surface area contributed by atoms with Crippen molar-refractivity contribution in [1.29, 1.82) is 0 Å². The quantitative estimate of drug-likeness (QED) is 0.114. The Kier molecular flexibility index (Phi) is 13.8. The zero-order chi connectivity index (χ0) is 34.3. The van der Waals surface area contributed by atoms with Gasteiger partial charge in [0.05, 0.1) is 25.2 Å². The van der Waals surface area contributed by atoms with Crippen LogP contribution in [0.1, 0.15) is 73.4 Å². The van der Waals surface area contributed by atoms with Crippen LogP contribution in [0.25, 0.3) is 0 Å². The van der Waals surface area contributed by atoms with Crippen molar-refractivity contribution in [1.82, 2.24) is 0 Å². The molecule has 0 amide bonds. The van der Waals surface area contributed by atoms with Gasteiger partial charge in [-0.05, 0) is 48.5 Å². The maximum Gasteiger partial charge on any atom is 0.472 e. The number of phosphoric acid groups is 1. The first-order valence-corrected chi connectivity index (χ1v) is 19.7. The van der Waals surface area contributed by atoms with E-state index >= 15 is 0 Å². The molecule has 2 aromatic carbocycles. The van der Waals surface area contributed by atoms with Crippen LogP contribution in [0.3, 0.4) is 0 Å². The number of rotatable bonds is 15. The minimum atomic E-state index is -5.11. The number of benzene rings is 2. The highest BCUT2D eigenvalue weighted by atomic mass is 31.2. The van der Waals surface area contributed by atoms with Gasteiger partial charge in [-0.2, -0.15) is 0 Å². The molecule has 0 saturated carbocycles. The third-order valence-electron chi connectivity index (χ3n) is 8.46. The fraction of sp³-hybridized carbons (Fsp3) is 0.618. The normalized spacial score (nSPS) is 22.9. The van der Waals surface area contributed by atoms with E-state index in [0.717, 1.165) is 11.1 Å². The predicted octanol–water partition coefficient (Wildman–Crippen LogP) is 7.14. The van der Waals surface area contributed by atoms with E-state index in [0.29, 0.717) is 0 Å². The van der Waals surface area contributed by atoms with Crippen molar-refractivity contribution in [3.05, 3.63) is 71.8 Å². The van der Waals surface area contributed by atoms with Crippen LogP contribution in [0.15, 0.2) is 60.7 Å². The summed E-state index contributed by atoms with van der Waals surface area (Å²) in [6.07, 6.45) is -5.82. The lowest BCUT2D eigenvalue weighted by Crippen LogP contribution is -2.63. The van der Waals surface area contributed by atoms with E-state index in [2.05, 4.69) is 41.5 Å². The van der Waals surface area contributed by atoms with Gasteiger partial charge >= 0.3 is 13.8 Å². The van der Waals surface area contributed by atoms with E-state index < -0.39 is 58.2 Å². The minimum Gasteiger partial charge on any atom is -0.454 e. The smallest absolute Gasteiger partial charge is 0.454 e. The van der Waals surface area contributed by atoms with Crippen LogP contribution in [0.4, 0.5) is 0 Å². The first kappa shape index (κ1) is 38.5. The number of phosphoric ester groups is 1. The van der Waals surface area contributed by atoms with E-state index in [9.17, 15) is 19.1 Å². The molecule has 12 heteroatoms. The van der Waals surface area contributed by atoms with Gasteiger partial charge in [-0.15, -0.1) is 0 Å². The van der Waals surface area contributed by atoms with Crippen LogP contribution >= 0.6 is 7.82 Å². The Labute approximate surface area is 275 Å². The molecule has 1 aliphatic heterocycles. The lowest BCUT2D eigenvalue weighted by atomic mass is 9.95. The molecule has 5 atom stereocenters. The largest absolute Gasteiger partial charge is 0.472 e. The molecule has 46 heavy (non-hydrogen) atoms. The fourth-order valence-electron chi connectivity index (χ4n) is 6.31. The summed E-state index contributed by atoms with van der Waals surface area (Å²) in [6.45, 7) is 18.4. The lowest BCUT2D eigenvalue weighted by Gasteiger charge is -2.48. The Bertz CT molecular complexity index is 1240. The van der Waals surface area contributed by atoms with E-state index in [4.69, 9.17) is 27.9 Å². The number of carbonyl (C=O) groups excluding carboxylic acids is 1. The van der Waals surface area contributed by atoms with Crippen LogP contribution in [-0.4, -0.2) is 61.4 Å². The van der Waals surface area contributed by atoms with Gasteiger partial charge < -0.3 is 33.2 Å². The molecule has 1 heterocycles. The van der Waals surface area contributed by atoms with Crippen molar-refractivity contribution < 1.29 is 47.0 Å². The molecule has 1 fully saturated rings. The second-order valence-corrected chi connectivity index (χ2v) is 20.6. The molecule has 3 rings (SSSR count). The lowest BCUT2D eigenvalue weighted by molar-refractivity contribution is -0.304. The van der Waals surface area contributed by atoms with Gasteiger partial charge in [0.2, 0.25) is 6.29 Å². The van der Waals surface area contributed by atoms with E-state index in [1.807, 2.05) is 60.7 Å². The Balaban J connectivity index is 2.11. The third kappa shape index (κ3) is 10.3. The topological polar surface area (TPSA) is 130 Å². The Morgan fingerprint density at radius 2 is 1.26 bits per heavy atom. The average molecular weight is 681 g/mol. The summed E-state index contributed by atoms with van der Waals surface area (Å²) >= 11 is 0. The number of hydrogen-bond donors (Lipinski definition) is 2. The maximum absolute atomic E-state index is 13.3. The van der Waals surface area contributed by atoms with Gasteiger partial charge in [0.15, 0.2) is 14.4 Å². The zero-order valence-electron chi connectivity index (χ0n) is 28.6. The summed E-state index contributed by atoms with van der Waals surface area (Å²) < 4.78 is 49.6. The summed E-state index contributed by atoms with van der Waals surface area (Å²) in [6, 6.07) is 19.0. The molecule has 0 aromatic heterocycles. The Morgan fingerprint density at radius 3 is 1.67 bits per heavy atom. The third-order valence-corrected chi connectivity index (χ3v) is 15.0. The predicted molar refractivity (Wildman–Crippen MR) is 178 cm³/mol. The van der Waals surface area contributed by atoms with Crippen molar-refractivity contribution in [3.8, 4) is 0 Å². The van der Waals surface area contributed by atoms with Crippen molar-refractivity contribution in [2.75, 3.05) is 6.61 Å². The average Bonchev–Trinajstić information content (AvgIpc) is 2.96. The summed E-state index contributed by atoms with van der Waals surface area (Å²) in [5.41, 5.74) is 1.63. The van der Waals surface area contributed by atoms with E-state index in [1.54, 1.807) is 20.8 Å². The monoisotopic (exact) mass is 680 g/mol. The molecule has 1 saturated heterocycles. The molecular weight excluding hydrogens is 627 g/mol. The van der Waals surface area contributed by atoms with Crippen LogP contribution in [0, 0.1) is 5.41 Å². The highest BCUT2D eigenvalue weighted by Crippen LogP contribution is 2.45. The number of carbonyl (C=O) groups is 1. The molecule has 0 radical (unpaired) electrons. The first-order valence-electron chi connectivity index (χ1n) is 16.0. The highest BCUT2D eigenvalue weighted by Gasteiger charge is 2.54. The van der Waals surface area contributed by atoms with Crippen LogP contribution in [-0.2, 0) is 50.5 Å². The number of hydrogen-bond acceptors (Lipinski definition) is 8. The van der Waals surface area contributed by atoms with Crippen molar-refractivity contribution >= 4 is 22.1 Å². The fourth-order valence-corrected chi connectivity index (χ4v) is 12.2. The summed E-state index contributed by atoms with van der Waals surface area (Å²) in [4.78, 5) is 33.1. The molecule has 0 spiro atoms. The molecule has 10 nitrogen and oxygen atoms in total. The van der Waals surface area contributed by atoms with Gasteiger partial charge in [-0.1, -0.05) is 102 Å². The second-order valence-electron chi connectivity index (χ2n) is 13.9. The first-order chi connectivity index (χ1) is 21.5. The van der Waals surface area contributed by atoms with Crippen LogP contribution in [0.2, 0.25) is 16.6 Å². The maximum atomic E-state index is 13.3. The van der Waals surface area contributed by atoms with Crippen LogP contribution in [0.5, 0.6) is 0 Å². The molecule has 0 aliphatic carbocycles. The van der Waals surface area contributed by atoms with E-state index in [1.165, 1.54) is 0 Å². The van der Waals surface area contributed by atoms with Gasteiger partial charge in [-0.25, -0.2) is 4.57 Å². The summed E-state index contributed by atoms with van der Waals surface area (Å²) in [5, 5.41) is 0. The molecule has 2 aromatic rings. The SMILES string of the molecule is CC(C)[Si](OC[C@H]1O[C@@H](OP(=O)(O)O)[C@H](OC(=O)C(C)(C)C)[C@@H](OCc2ccccc2)[C@@H]1OCc1ccccc1)(C(C)C)C(C)C. The molecular formula is C34H53O10PSi. The molecule has 0 bridgehead atoms. The standard InChI is InChI=1S/C34H53O10PSi/c1-23(2)46(24(3)4,25(5)6)41-22-28-29(39-20-26-16-12-10-13-17-26)30(40-21-27-18-14-11-15-19-27)31(43-33(35)34(7,8)9)32(42-28)44-45(36,37)38/h10-19,23-25,28-32H,20-22H2,1-9H3,(H2,36,37,38)/t28-,29-,30+,31-,32+/m1/s1. The number of ether oxygens (including phenoxy) is 4. The Morgan fingerprint density at radius 1 is 0.804 bits per heavy atom. The zero-order valence-corrected chi connectivity index (χ0v) is 30.5. The highest BCUT2D eigenvalue weighted by molar-refractivity contribution is 7.46. The van der Waals surface area contributed by atoms with Crippen molar-refractivity contribution in [2.45, 2.75) is 123 Å². The minimum absolute atomic E-state index is 0.0619.